The lowest BCUT2D eigenvalue weighted by atomic mass is 9.69. The molecule has 0 amide bonds. The number of Topliss-reactive ketones (excluding diaryl/α,β-unsaturated/α-hetero) is 1. The van der Waals surface area contributed by atoms with Crippen LogP contribution >= 0.6 is 11.8 Å². The zero-order valence-electron chi connectivity index (χ0n) is 22.4. The summed E-state index contributed by atoms with van der Waals surface area (Å²) in [5.74, 6) is -0.882. The first kappa shape index (κ1) is 28.4. The largest absolute Gasteiger partial charge is 0.493 e. The molecule has 1 aliphatic carbocycles. The van der Waals surface area contributed by atoms with Crippen molar-refractivity contribution in [2.45, 2.75) is 33.1 Å². The maximum atomic E-state index is 13.9. The predicted octanol–water partition coefficient (Wildman–Crippen LogP) is 3.62. The summed E-state index contributed by atoms with van der Waals surface area (Å²) < 4.78 is 27.2. The van der Waals surface area contributed by atoms with Gasteiger partial charge >= 0.3 is 11.9 Å². The van der Waals surface area contributed by atoms with Gasteiger partial charge in [0.25, 0.3) is 0 Å². The Balaban J connectivity index is 2.21. The molecule has 0 fully saturated rings. The van der Waals surface area contributed by atoms with Gasteiger partial charge in [-0.2, -0.15) is 11.8 Å². The van der Waals surface area contributed by atoms with E-state index in [0.717, 1.165) is 5.75 Å². The number of hydrogen-bond acceptors (Lipinski definition) is 10. The zero-order valence-corrected chi connectivity index (χ0v) is 23.2. The number of rotatable bonds is 10. The predicted molar refractivity (Wildman–Crippen MR) is 140 cm³/mol. The third-order valence-corrected chi connectivity index (χ3v) is 7.51. The van der Waals surface area contributed by atoms with Gasteiger partial charge in [0.15, 0.2) is 17.3 Å². The van der Waals surface area contributed by atoms with E-state index in [2.05, 4.69) is 5.32 Å². The van der Waals surface area contributed by atoms with Crippen molar-refractivity contribution in [3.63, 3.8) is 0 Å². The Bertz CT molecular complexity index is 1100. The maximum Gasteiger partial charge on any atom is 0.336 e. The van der Waals surface area contributed by atoms with Crippen LogP contribution in [0.15, 0.2) is 34.7 Å². The molecule has 1 aliphatic heterocycles. The average molecular weight is 534 g/mol. The second kappa shape index (κ2) is 12.4. The van der Waals surface area contributed by atoms with Gasteiger partial charge in [0.05, 0.1) is 34.0 Å². The lowest BCUT2D eigenvalue weighted by Crippen LogP contribution is -2.43. The summed E-state index contributed by atoms with van der Waals surface area (Å²) in [7, 11) is 5.76. The summed E-state index contributed by atoms with van der Waals surface area (Å²) in [6, 6.07) is 3.43. The first-order valence-electron chi connectivity index (χ1n) is 12.1. The second-order valence-corrected chi connectivity index (χ2v) is 10.2. The lowest BCUT2D eigenvalue weighted by molar-refractivity contribution is -0.151. The molecule has 37 heavy (non-hydrogen) atoms. The number of methoxy groups -OCH3 is 4. The fourth-order valence-electron chi connectivity index (χ4n) is 4.97. The summed E-state index contributed by atoms with van der Waals surface area (Å²) in [5.41, 5.74) is 2.46. The molecule has 1 heterocycles. The van der Waals surface area contributed by atoms with Crippen LogP contribution in [0.3, 0.4) is 0 Å². The van der Waals surface area contributed by atoms with E-state index in [0.29, 0.717) is 57.5 Å². The van der Waals surface area contributed by atoms with Gasteiger partial charge in [-0.3, -0.25) is 9.59 Å². The van der Waals surface area contributed by atoms with Crippen molar-refractivity contribution in [3.8, 4) is 17.2 Å². The molecule has 0 bridgehead atoms. The molecule has 0 unspecified atom stereocenters. The van der Waals surface area contributed by atoms with Crippen molar-refractivity contribution in [1.82, 2.24) is 5.32 Å². The van der Waals surface area contributed by atoms with E-state index in [4.69, 9.17) is 23.7 Å². The van der Waals surface area contributed by atoms with Gasteiger partial charge in [-0.15, -0.1) is 0 Å². The highest BCUT2D eigenvalue weighted by molar-refractivity contribution is 7.99. The van der Waals surface area contributed by atoms with Crippen LogP contribution in [0.1, 0.15) is 38.7 Å². The van der Waals surface area contributed by atoms with Crippen LogP contribution in [0.4, 0.5) is 0 Å². The third kappa shape index (κ3) is 5.58. The molecule has 10 heteroatoms. The topological polar surface area (TPSA) is 109 Å². The molecule has 3 rings (SSSR count). The lowest BCUT2D eigenvalue weighted by Gasteiger charge is -2.38. The van der Waals surface area contributed by atoms with Gasteiger partial charge in [-0.1, -0.05) is 13.8 Å². The van der Waals surface area contributed by atoms with E-state index >= 15 is 0 Å². The van der Waals surface area contributed by atoms with Crippen LogP contribution in [-0.2, 0) is 23.9 Å². The number of dihydropyridines is 1. The Morgan fingerprint density at radius 1 is 1.08 bits per heavy atom. The Hall–Kier alpha value is -3.14. The van der Waals surface area contributed by atoms with Crippen LogP contribution in [-0.4, -0.2) is 64.3 Å². The van der Waals surface area contributed by atoms with Crippen molar-refractivity contribution in [2.24, 2.45) is 11.8 Å². The van der Waals surface area contributed by atoms with Crippen molar-refractivity contribution >= 4 is 29.5 Å². The number of thioether (sulfide) groups is 1. The summed E-state index contributed by atoms with van der Waals surface area (Å²) in [6.07, 6.45) is 0.439. The maximum absolute atomic E-state index is 13.9. The molecule has 9 nitrogen and oxygen atoms in total. The molecule has 0 saturated carbocycles. The minimum atomic E-state index is -0.980. The van der Waals surface area contributed by atoms with Crippen LogP contribution in [0, 0.1) is 11.8 Å². The minimum Gasteiger partial charge on any atom is -0.493 e. The minimum absolute atomic E-state index is 0.234. The molecular formula is C27H35NO8S. The standard InChI is InChI=1S/C27H35NO8S/c1-8-37-10-9-36-27(31)21-15(3)28-17-11-14(2)20(26(30)35-7)24(29)23(17)22(21)16-12-18(32-4)25(34-6)19(13-16)33-5/h12-14,20,22,28H,8-11H2,1-7H3/t14-,20+,22+/m1/s1. The molecule has 202 valence electrons. The third-order valence-electron chi connectivity index (χ3n) is 6.65. The molecule has 0 aromatic heterocycles. The highest BCUT2D eigenvalue weighted by Crippen LogP contribution is 2.49. The SMILES string of the molecule is CCSCCOC(=O)C1=C(C)NC2=C(C(=O)[C@@H](C(=O)OC)[C@H](C)C2)[C@H]1c1cc(OC)c(OC)c(OC)c1. The van der Waals surface area contributed by atoms with Gasteiger partial charge in [-0.05, 0) is 42.7 Å². The smallest absolute Gasteiger partial charge is 0.336 e. The monoisotopic (exact) mass is 533 g/mol. The van der Waals surface area contributed by atoms with Crippen molar-refractivity contribution in [2.75, 3.05) is 46.6 Å². The Kier molecular flexibility index (Phi) is 9.53. The normalized spacial score (nSPS) is 21.2. The number of carbonyl (C=O) groups excluding carboxylic acids is 3. The molecule has 1 aromatic rings. The highest BCUT2D eigenvalue weighted by Gasteiger charge is 2.47. The van der Waals surface area contributed by atoms with Gasteiger partial charge in [0.2, 0.25) is 5.75 Å². The number of allylic oxidation sites excluding steroid dienone is 3. The fourth-order valence-corrected chi connectivity index (χ4v) is 5.46. The van der Waals surface area contributed by atoms with E-state index in [1.165, 1.54) is 28.4 Å². The number of benzene rings is 1. The summed E-state index contributed by atoms with van der Waals surface area (Å²) in [4.78, 5) is 40.0. The number of nitrogens with one attached hydrogen (secondary N) is 1. The van der Waals surface area contributed by atoms with E-state index in [-0.39, 0.29) is 18.3 Å². The number of ether oxygens (including phenoxy) is 5. The van der Waals surface area contributed by atoms with E-state index < -0.39 is 23.8 Å². The van der Waals surface area contributed by atoms with E-state index in [1.807, 2.05) is 13.8 Å². The van der Waals surface area contributed by atoms with Crippen molar-refractivity contribution in [3.05, 3.63) is 40.2 Å². The number of ketones is 1. The van der Waals surface area contributed by atoms with Gasteiger partial charge in [-0.25, -0.2) is 4.79 Å². The zero-order chi connectivity index (χ0) is 27.3. The first-order valence-corrected chi connectivity index (χ1v) is 13.3. The molecule has 1 aromatic carbocycles. The van der Waals surface area contributed by atoms with E-state index in [9.17, 15) is 14.4 Å². The Morgan fingerprint density at radius 2 is 1.73 bits per heavy atom. The molecule has 0 radical (unpaired) electrons. The second-order valence-electron chi connectivity index (χ2n) is 8.83. The van der Waals surface area contributed by atoms with Gasteiger partial charge < -0.3 is 29.0 Å². The Morgan fingerprint density at radius 3 is 2.27 bits per heavy atom. The molecule has 2 aliphatic rings. The van der Waals surface area contributed by atoms with Crippen LogP contribution < -0.4 is 19.5 Å². The van der Waals surface area contributed by atoms with Gasteiger partial charge in [0.1, 0.15) is 12.5 Å². The number of esters is 2. The number of carbonyl (C=O) groups is 3. The summed E-state index contributed by atoms with van der Waals surface area (Å²) >= 11 is 1.66. The van der Waals surface area contributed by atoms with Crippen LogP contribution in [0.2, 0.25) is 0 Å². The summed E-state index contributed by atoms with van der Waals surface area (Å²) in [5, 5.41) is 3.26. The number of hydrogen-bond donors (Lipinski definition) is 1. The average Bonchev–Trinajstić information content (AvgIpc) is 2.88. The van der Waals surface area contributed by atoms with Crippen LogP contribution in [0.5, 0.6) is 17.2 Å². The molecule has 0 spiro atoms. The molecule has 3 atom stereocenters. The highest BCUT2D eigenvalue weighted by atomic mass is 32.2. The molecule has 1 N–H and O–H groups in total. The first-order chi connectivity index (χ1) is 17.7. The fraction of sp³-hybridized carbons (Fsp3) is 0.519. The van der Waals surface area contributed by atoms with Crippen molar-refractivity contribution < 1.29 is 38.1 Å². The summed E-state index contributed by atoms with van der Waals surface area (Å²) in [6.45, 7) is 5.89. The molecular weight excluding hydrogens is 498 g/mol. The van der Waals surface area contributed by atoms with E-state index in [1.54, 1.807) is 30.8 Å². The molecule has 0 saturated heterocycles. The Labute approximate surface area is 221 Å². The van der Waals surface area contributed by atoms with Crippen molar-refractivity contribution in [1.29, 1.82) is 0 Å². The van der Waals surface area contributed by atoms with Crippen LogP contribution in [0.25, 0.3) is 0 Å². The quantitative estimate of drug-likeness (QED) is 0.272. The van der Waals surface area contributed by atoms with Gasteiger partial charge in [0, 0.05) is 28.6 Å².